The number of nitrogens with zero attached hydrogens (tertiary/aromatic N) is 3. The maximum absolute atomic E-state index is 13.7. The Kier molecular flexibility index (Phi) is 4.87. The molecule has 1 N–H and O–H groups in total. The summed E-state index contributed by atoms with van der Waals surface area (Å²) in [4.78, 5) is 25.9. The molecule has 2 heterocycles. The molecule has 27 heavy (non-hydrogen) atoms. The third-order valence-corrected chi connectivity index (χ3v) is 4.63. The molecule has 4 rings (SSSR count). The Balaban J connectivity index is 1.52. The van der Waals surface area contributed by atoms with Crippen molar-refractivity contribution in [1.82, 2.24) is 15.0 Å². The van der Waals surface area contributed by atoms with E-state index in [-0.39, 0.29) is 24.6 Å². The Hall–Kier alpha value is -3.15. The van der Waals surface area contributed by atoms with Gasteiger partial charge >= 0.3 is 0 Å². The van der Waals surface area contributed by atoms with Crippen LogP contribution in [0.1, 0.15) is 23.2 Å². The number of hydrogen-bond donors (Lipinski definition) is 1. The van der Waals surface area contributed by atoms with Crippen LogP contribution in [0.15, 0.2) is 48.7 Å². The molecule has 0 unspecified atom stereocenters. The van der Waals surface area contributed by atoms with E-state index in [1.54, 1.807) is 24.4 Å². The highest BCUT2D eigenvalue weighted by molar-refractivity contribution is 5.85. The first-order valence-corrected chi connectivity index (χ1v) is 9.01. The molecule has 0 radical (unpaired) electrons. The van der Waals surface area contributed by atoms with Gasteiger partial charge in [0, 0.05) is 23.9 Å². The second kappa shape index (κ2) is 7.61. The summed E-state index contributed by atoms with van der Waals surface area (Å²) in [6.07, 6.45) is 4.57. The summed E-state index contributed by atoms with van der Waals surface area (Å²) in [6.45, 7) is 0.0967. The van der Waals surface area contributed by atoms with Crippen LogP contribution in [-0.2, 0) is 24.1 Å². The standard InChI is InChI=1S/C21H19FN4O/c22-17-8-2-1-6-14(17)12-15(27)13-24-20-16-7-5-10-18(16)25-21(26-20)19-9-3-4-11-23-19/h1-4,6,8-9,11H,5,7,10,12-13H2,(H,24,25,26). The number of aromatic nitrogens is 3. The minimum Gasteiger partial charge on any atom is -0.363 e. The Morgan fingerprint density at radius 3 is 2.74 bits per heavy atom. The smallest absolute Gasteiger partial charge is 0.180 e. The van der Waals surface area contributed by atoms with E-state index in [9.17, 15) is 9.18 Å². The number of hydrogen-bond acceptors (Lipinski definition) is 5. The van der Waals surface area contributed by atoms with E-state index in [2.05, 4.69) is 20.3 Å². The number of fused-ring (bicyclic) bond motifs is 1. The number of aryl methyl sites for hydroxylation is 1. The molecule has 0 fully saturated rings. The van der Waals surface area contributed by atoms with E-state index < -0.39 is 0 Å². The summed E-state index contributed by atoms with van der Waals surface area (Å²) in [5.41, 5.74) is 3.18. The highest BCUT2D eigenvalue weighted by Crippen LogP contribution is 2.28. The Morgan fingerprint density at radius 2 is 1.93 bits per heavy atom. The fourth-order valence-corrected chi connectivity index (χ4v) is 3.29. The number of ketones is 1. The van der Waals surface area contributed by atoms with E-state index in [0.29, 0.717) is 22.9 Å². The van der Waals surface area contributed by atoms with Gasteiger partial charge in [-0.05, 0) is 43.0 Å². The lowest BCUT2D eigenvalue weighted by Crippen LogP contribution is -2.18. The van der Waals surface area contributed by atoms with Gasteiger partial charge in [0.2, 0.25) is 0 Å². The normalized spacial score (nSPS) is 12.6. The number of Topliss-reactive ketones (excluding diaryl/α,β-unsaturated/α-hetero) is 1. The summed E-state index contributed by atoms with van der Waals surface area (Å²) >= 11 is 0. The zero-order chi connectivity index (χ0) is 18.6. The maximum Gasteiger partial charge on any atom is 0.180 e. The van der Waals surface area contributed by atoms with Crippen molar-refractivity contribution in [3.8, 4) is 11.5 Å². The Morgan fingerprint density at radius 1 is 1.07 bits per heavy atom. The highest BCUT2D eigenvalue weighted by atomic mass is 19.1. The number of nitrogens with one attached hydrogen (secondary N) is 1. The number of carbonyl (C=O) groups excluding carboxylic acids is 1. The molecular weight excluding hydrogens is 343 g/mol. The minimum atomic E-state index is -0.355. The minimum absolute atomic E-state index is 0.0556. The third kappa shape index (κ3) is 3.84. The number of rotatable bonds is 6. The first kappa shape index (κ1) is 17.3. The largest absolute Gasteiger partial charge is 0.363 e. The van der Waals surface area contributed by atoms with E-state index >= 15 is 0 Å². The van der Waals surface area contributed by atoms with Crippen LogP contribution in [0.2, 0.25) is 0 Å². The van der Waals surface area contributed by atoms with Crippen LogP contribution in [0.3, 0.4) is 0 Å². The lowest BCUT2D eigenvalue weighted by atomic mass is 10.1. The molecule has 0 atom stereocenters. The lowest BCUT2D eigenvalue weighted by molar-refractivity contribution is -0.116. The van der Waals surface area contributed by atoms with Crippen LogP contribution in [0, 0.1) is 5.82 Å². The van der Waals surface area contributed by atoms with Crippen molar-refractivity contribution in [1.29, 1.82) is 0 Å². The molecule has 1 aliphatic rings. The molecule has 0 saturated carbocycles. The molecule has 0 bridgehead atoms. The molecule has 0 spiro atoms. The molecule has 0 amide bonds. The van der Waals surface area contributed by atoms with Gasteiger partial charge < -0.3 is 5.32 Å². The van der Waals surface area contributed by atoms with Gasteiger partial charge in [-0.3, -0.25) is 9.78 Å². The Bertz CT molecular complexity index is 975. The Labute approximate surface area is 156 Å². The van der Waals surface area contributed by atoms with Crippen LogP contribution in [0.5, 0.6) is 0 Å². The van der Waals surface area contributed by atoms with Crippen molar-refractivity contribution in [3.63, 3.8) is 0 Å². The average Bonchev–Trinajstić information content (AvgIpc) is 3.17. The predicted molar refractivity (Wildman–Crippen MR) is 101 cm³/mol. The first-order chi connectivity index (χ1) is 13.2. The van der Waals surface area contributed by atoms with Gasteiger partial charge in [0.1, 0.15) is 17.3 Å². The van der Waals surface area contributed by atoms with Crippen LogP contribution < -0.4 is 5.32 Å². The van der Waals surface area contributed by atoms with Gasteiger partial charge in [0.25, 0.3) is 0 Å². The summed E-state index contributed by atoms with van der Waals surface area (Å²) in [5, 5.41) is 3.14. The summed E-state index contributed by atoms with van der Waals surface area (Å²) in [7, 11) is 0. The van der Waals surface area contributed by atoms with Gasteiger partial charge in [0.05, 0.1) is 6.54 Å². The van der Waals surface area contributed by atoms with Crippen molar-refractivity contribution in [2.24, 2.45) is 0 Å². The summed E-state index contributed by atoms with van der Waals surface area (Å²) in [5.74, 6) is 0.788. The topological polar surface area (TPSA) is 67.8 Å². The molecule has 136 valence electrons. The fraction of sp³-hybridized carbons (Fsp3) is 0.238. The molecule has 1 aromatic carbocycles. The number of carbonyl (C=O) groups is 1. The highest BCUT2D eigenvalue weighted by Gasteiger charge is 2.20. The van der Waals surface area contributed by atoms with Gasteiger partial charge in [-0.2, -0.15) is 0 Å². The van der Waals surface area contributed by atoms with Gasteiger partial charge in [0.15, 0.2) is 11.6 Å². The molecular formula is C21H19FN4O. The predicted octanol–water partition coefficient (Wildman–Crippen LogP) is 3.39. The summed E-state index contributed by atoms with van der Waals surface area (Å²) in [6, 6.07) is 12.0. The number of benzene rings is 1. The van der Waals surface area contributed by atoms with Crippen LogP contribution in [0.4, 0.5) is 10.2 Å². The molecule has 6 heteroatoms. The second-order valence-corrected chi connectivity index (χ2v) is 6.55. The van der Waals surface area contributed by atoms with Crippen molar-refractivity contribution in [3.05, 3.63) is 71.3 Å². The van der Waals surface area contributed by atoms with Crippen molar-refractivity contribution in [2.75, 3.05) is 11.9 Å². The zero-order valence-corrected chi connectivity index (χ0v) is 14.8. The third-order valence-electron chi connectivity index (χ3n) is 4.63. The number of halogens is 1. The van der Waals surface area contributed by atoms with E-state index in [0.717, 1.165) is 30.5 Å². The van der Waals surface area contributed by atoms with Crippen molar-refractivity contribution in [2.45, 2.75) is 25.7 Å². The van der Waals surface area contributed by atoms with Crippen LogP contribution in [0.25, 0.3) is 11.5 Å². The number of pyridine rings is 1. The molecule has 3 aromatic rings. The fourth-order valence-electron chi connectivity index (χ4n) is 3.29. The molecule has 1 aliphatic carbocycles. The van der Waals surface area contributed by atoms with E-state index in [1.807, 2.05) is 18.2 Å². The van der Waals surface area contributed by atoms with Gasteiger partial charge in [-0.1, -0.05) is 24.3 Å². The SMILES string of the molecule is O=C(CNc1nc(-c2ccccn2)nc2c1CCC2)Cc1ccccc1F. The van der Waals surface area contributed by atoms with Gasteiger partial charge in [-0.25, -0.2) is 14.4 Å². The van der Waals surface area contributed by atoms with Crippen LogP contribution in [-0.4, -0.2) is 27.3 Å². The molecule has 5 nitrogen and oxygen atoms in total. The average molecular weight is 362 g/mol. The second-order valence-electron chi connectivity index (χ2n) is 6.55. The first-order valence-electron chi connectivity index (χ1n) is 9.01. The molecule has 2 aromatic heterocycles. The maximum atomic E-state index is 13.7. The zero-order valence-electron chi connectivity index (χ0n) is 14.8. The van der Waals surface area contributed by atoms with Gasteiger partial charge in [-0.15, -0.1) is 0 Å². The summed E-state index contributed by atoms with van der Waals surface area (Å²) < 4.78 is 13.7. The van der Waals surface area contributed by atoms with E-state index in [1.165, 1.54) is 6.07 Å². The molecule has 0 aliphatic heterocycles. The van der Waals surface area contributed by atoms with Crippen molar-refractivity contribution >= 4 is 11.6 Å². The number of anilines is 1. The van der Waals surface area contributed by atoms with Crippen LogP contribution >= 0.6 is 0 Å². The van der Waals surface area contributed by atoms with Crippen molar-refractivity contribution < 1.29 is 9.18 Å². The van der Waals surface area contributed by atoms with E-state index in [4.69, 9.17) is 0 Å². The quantitative estimate of drug-likeness (QED) is 0.728. The molecule has 0 saturated heterocycles. The monoisotopic (exact) mass is 362 g/mol. The lowest BCUT2D eigenvalue weighted by Gasteiger charge is -2.12.